The molecule has 0 saturated heterocycles. The molecule has 2 heteroatoms. The van der Waals surface area contributed by atoms with Crippen molar-refractivity contribution in [3.63, 3.8) is 0 Å². The van der Waals surface area contributed by atoms with Crippen molar-refractivity contribution in [2.24, 2.45) is 0 Å². The number of aromatic nitrogens is 1. The molecule has 0 atom stereocenters. The highest BCUT2D eigenvalue weighted by atomic mass is 15.2. The fourth-order valence-electron chi connectivity index (χ4n) is 4.45. The van der Waals surface area contributed by atoms with Crippen LogP contribution < -0.4 is 4.90 Å². The van der Waals surface area contributed by atoms with Gasteiger partial charge in [-0.05, 0) is 58.9 Å². The van der Waals surface area contributed by atoms with Crippen molar-refractivity contribution in [2.45, 2.75) is 46.2 Å². The van der Waals surface area contributed by atoms with Crippen LogP contribution in [0.4, 0.5) is 5.69 Å². The lowest BCUT2D eigenvalue weighted by Crippen LogP contribution is -2.46. The summed E-state index contributed by atoms with van der Waals surface area (Å²) >= 11 is 0. The maximum atomic E-state index is 2.54. The highest BCUT2D eigenvalue weighted by molar-refractivity contribution is 6.13. The van der Waals surface area contributed by atoms with Gasteiger partial charge in [-0.2, -0.15) is 0 Å². The van der Waals surface area contributed by atoms with Crippen LogP contribution in [-0.2, 0) is 0 Å². The van der Waals surface area contributed by atoms with Crippen LogP contribution in [0.1, 0.15) is 34.6 Å². The first-order chi connectivity index (χ1) is 12.9. The number of anilines is 1. The molecule has 2 nitrogen and oxygen atoms in total. The van der Waals surface area contributed by atoms with Crippen LogP contribution >= 0.6 is 0 Å². The molecule has 3 aromatic carbocycles. The van der Waals surface area contributed by atoms with Gasteiger partial charge in [0.15, 0.2) is 0 Å². The molecule has 0 aliphatic carbocycles. The van der Waals surface area contributed by atoms with Gasteiger partial charge in [-0.15, -0.1) is 0 Å². The van der Waals surface area contributed by atoms with Crippen LogP contribution in [0, 0.1) is 0 Å². The molecule has 0 fully saturated rings. The molecule has 27 heavy (non-hydrogen) atoms. The van der Waals surface area contributed by atoms with Crippen LogP contribution in [0.5, 0.6) is 0 Å². The summed E-state index contributed by atoms with van der Waals surface area (Å²) in [6.45, 7) is 11.4. The number of rotatable bonds is 3. The lowest BCUT2D eigenvalue weighted by molar-refractivity contribution is 0.466. The largest absolute Gasteiger partial charge is 0.363 e. The summed E-state index contributed by atoms with van der Waals surface area (Å²) in [5.41, 5.74) is 5.06. The van der Waals surface area contributed by atoms with E-state index in [1.165, 1.54) is 33.2 Å². The van der Waals surface area contributed by atoms with Gasteiger partial charge in [-0.3, -0.25) is 0 Å². The standard InChI is InChI=1S/C25H28N2/c1-18(2)27(25(3,4)5)23-17-11-15-21-20-14-9-10-16-22(20)26(24(21)23)19-12-7-6-8-13-19/h6-18H,1-5H3. The third-order valence-corrected chi connectivity index (χ3v) is 5.19. The monoisotopic (exact) mass is 356 g/mol. The topological polar surface area (TPSA) is 8.17 Å². The number of nitrogens with zero attached hydrogens (tertiary/aromatic N) is 2. The second-order valence-corrected chi connectivity index (χ2v) is 8.50. The van der Waals surface area contributed by atoms with Crippen LogP contribution in [-0.4, -0.2) is 16.1 Å². The second kappa shape index (κ2) is 6.45. The van der Waals surface area contributed by atoms with Gasteiger partial charge in [0, 0.05) is 28.0 Å². The third-order valence-electron chi connectivity index (χ3n) is 5.19. The number of benzene rings is 3. The fraction of sp³-hybridized carbons (Fsp3) is 0.280. The summed E-state index contributed by atoms with van der Waals surface area (Å²) in [7, 11) is 0. The van der Waals surface area contributed by atoms with E-state index in [0.717, 1.165) is 0 Å². The Bertz CT molecular complexity index is 1080. The van der Waals surface area contributed by atoms with Crippen molar-refractivity contribution in [1.29, 1.82) is 0 Å². The van der Waals surface area contributed by atoms with Crippen LogP contribution in [0.2, 0.25) is 0 Å². The van der Waals surface area contributed by atoms with Crippen molar-refractivity contribution in [2.75, 3.05) is 4.90 Å². The molecule has 0 saturated carbocycles. The molecule has 4 aromatic rings. The van der Waals surface area contributed by atoms with Crippen molar-refractivity contribution >= 4 is 27.5 Å². The van der Waals surface area contributed by atoms with E-state index < -0.39 is 0 Å². The highest BCUT2D eigenvalue weighted by Crippen LogP contribution is 2.40. The molecule has 0 aliphatic heterocycles. The van der Waals surface area contributed by atoms with E-state index in [2.05, 4.69) is 117 Å². The van der Waals surface area contributed by atoms with Gasteiger partial charge in [-0.1, -0.05) is 48.5 Å². The van der Waals surface area contributed by atoms with E-state index in [1.807, 2.05) is 0 Å². The summed E-state index contributed by atoms with van der Waals surface area (Å²) in [5.74, 6) is 0. The molecular formula is C25H28N2. The Labute approximate surface area is 162 Å². The average molecular weight is 357 g/mol. The van der Waals surface area contributed by atoms with E-state index in [4.69, 9.17) is 0 Å². The van der Waals surface area contributed by atoms with E-state index in [1.54, 1.807) is 0 Å². The zero-order chi connectivity index (χ0) is 19.2. The van der Waals surface area contributed by atoms with Crippen molar-refractivity contribution in [3.8, 4) is 5.69 Å². The fourth-order valence-corrected chi connectivity index (χ4v) is 4.45. The lowest BCUT2D eigenvalue weighted by atomic mass is 10.0. The summed E-state index contributed by atoms with van der Waals surface area (Å²) in [4.78, 5) is 2.54. The normalized spacial score (nSPS) is 12.2. The van der Waals surface area contributed by atoms with Gasteiger partial charge < -0.3 is 9.47 Å². The molecule has 0 amide bonds. The number of fused-ring (bicyclic) bond motifs is 3. The molecule has 0 unspecified atom stereocenters. The average Bonchev–Trinajstić information content (AvgIpc) is 2.96. The smallest absolute Gasteiger partial charge is 0.0775 e. The molecular weight excluding hydrogens is 328 g/mol. The van der Waals surface area contributed by atoms with Crippen LogP contribution in [0.3, 0.4) is 0 Å². The molecule has 0 bridgehead atoms. The first kappa shape index (κ1) is 17.7. The minimum atomic E-state index is 0.0282. The summed E-state index contributed by atoms with van der Waals surface area (Å²) < 4.78 is 2.42. The molecule has 0 N–H and O–H groups in total. The predicted octanol–water partition coefficient (Wildman–Crippen LogP) is 6.80. The third kappa shape index (κ3) is 2.90. The number of hydrogen-bond acceptors (Lipinski definition) is 1. The molecule has 138 valence electrons. The van der Waals surface area contributed by atoms with E-state index in [0.29, 0.717) is 6.04 Å². The van der Waals surface area contributed by atoms with Gasteiger partial charge in [-0.25, -0.2) is 0 Å². The molecule has 1 aromatic heterocycles. The summed E-state index contributed by atoms with van der Waals surface area (Å²) in [6.07, 6.45) is 0. The molecule has 0 radical (unpaired) electrons. The Hall–Kier alpha value is -2.74. The first-order valence-corrected chi connectivity index (χ1v) is 9.76. The maximum Gasteiger partial charge on any atom is 0.0775 e. The zero-order valence-electron chi connectivity index (χ0n) is 16.9. The summed E-state index contributed by atoms with van der Waals surface area (Å²) in [6, 6.07) is 26.5. The maximum absolute atomic E-state index is 2.54. The van der Waals surface area contributed by atoms with Gasteiger partial charge in [0.25, 0.3) is 0 Å². The SMILES string of the molecule is CC(C)N(c1cccc2c3ccccc3n(-c3ccccc3)c12)C(C)(C)C. The molecule has 0 spiro atoms. The van der Waals surface area contributed by atoms with E-state index >= 15 is 0 Å². The quantitative estimate of drug-likeness (QED) is 0.392. The van der Waals surface area contributed by atoms with Gasteiger partial charge in [0.1, 0.15) is 0 Å². The minimum absolute atomic E-state index is 0.0282. The summed E-state index contributed by atoms with van der Waals surface area (Å²) in [5, 5.41) is 2.61. The van der Waals surface area contributed by atoms with Crippen LogP contribution in [0.15, 0.2) is 72.8 Å². The zero-order valence-corrected chi connectivity index (χ0v) is 16.9. The van der Waals surface area contributed by atoms with Gasteiger partial charge in [0.2, 0.25) is 0 Å². The number of para-hydroxylation sites is 3. The second-order valence-electron chi connectivity index (χ2n) is 8.50. The Morgan fingerprint density at radius 3 is 2.04 bits per heavy atom. The van der Waals surface area contributed by atoms with Crippen molar-refractivity contribution in [1.82, 2.24) is 4.57 Å². The Kier molecular flexibility index (Phi) is 4.22. The van der Waals surface area contributed by atoms with Crippen LogP contribution in [0.25, 0.3) is 27.5 Å². The molecule has 0 aliphatic rings. The van der Waals surface area contributed by atoms with Crippen molar-refractivity contribution in [3.05, 3.63) is 72.8 Å². The number of hydrogen-bond donors (Lipinski definition) is 0. The first-order valence-electron chi connectivity index (χ1n) is 9.76. The van der Waals surface area contributed by atoms with E-state index in [-0.39, 0.29) is 5.54 Å². The van der Waals surface area contributed by atoms with Gasteiger partial charge >= 0.3 is 0 Å². The van der Waals surface area contributed by atoms with Crippen molar-refractivity contribution < 1.29 is 0 Å². The van der Waals surface area contributed by atoms with Gasteiger partial charge in [0.05, 0.1) is 16.7 Å². The Morgan fingerprint density at radius 1 is 0.741 bits per heavy atom. The van der Waals surface area contributed by atoms with E-state index in [9.17, 15) is 0 Å². The highest BCUT2D eigenvalue weighted by Gasteiger charge is 2.27. The Balaban J connectivity index is 2.17. The predicted molar refractivity (Wildman–Crippen MR) is 118 cm³/mol. The molecule has 4 rings (SSSR count). The Morgan fingerprint density at radius 2 is 1.37 bits per heavy atom. The minimum Gasteiger partial charge on any atom is -0.363 e. The molecule has 1 heterocycles. The lowest BCUT2D eigenvalue weighted by Gasteiger charge is -2.41.